The van der Waals surface area contributed by atoms with Gasteiger partial charge in [-0.05, 0) is 76.1 Å². The molecule has 1 N–H and O–H groups in total. The average Bonchev–Trinajstić information content (AvgIpc) is 3.22. The zero-order valence-electron chi connectivity index (χ0n) is 23.0. The Morgan fingerprint density at radius 3 is 2.32 bits per heavy atom. The molecule has 4 rings (SSSR count). The van der Waals surface area contributed by atoms with Crippen LogP contribution in [0.15, 0.2) is 52.4 Å². The van der Waals surface area contributed by atoms with Crippen LogP contribution in [0.4, 0.5) is 10.5 Å². The number of aryl methyl sites for hydroxylation is 2. The van der Waals surface area contributed by atoms with Crippen molar-refractivity contribution in [1.29, 1.82) is 0 Å². The number of nitrogens with one attached hydrogen (secondary N) is 1. The molecule has 1 spiro atoms. The number of nitrogens with zero attached hydrogens (tertiary/aromatic N) is 3. The van der Waals surface area contributed by atoms with Crippen molar-refractivity contribution < 1.29 is 19.1 Å². The molecule has 0 bridgehead atoms. The Balaban J connectivity index is 1.49. The van der Waals surface area contributed by atoms with Crippen molar-refractivity contribution in [1.82, 2.24) is 4.90 Å². The van der Waals surface area contributed by atoms with Crippen LogP contribution < -0.4 is 10.1 Å². The summed E-state index contributed by atoms with van der Waals surface area (Å²) in [6.45, 7) is 10.8. The fourth-order valence-electron chi connectivity index (χ4n) is 4.30. The summed E-state index contributed by atoms with van der Waals surface area (Å²) < 4.78 is 10.7. The van der Waals surface area contributed by atoms with Gasteiger partial charge in [0.05, 0.1) is 18.6 Å². The lowest BCUT2D eigenvalue weighted by Crippen LogP contribution is -2.46. The highest BCUT2D eigenvalue weighted by molar-refractivity contribution is 8.16. The molecular weight excluding hydrogens is 500 g/mol. The minimum absolute atomic E-state index is 0.122. The molecule has 0 unspecified atom stereocenters. The average molecular weight is 537 g/mol. The van der Waals surface area contributed by atoms with Gasteiger partial charge in [-0.1, -0.05) is 23.9 Å². The van der Waals surface area contributed by atoms with E-state index in [2.05, 4.69) is 37.4 Å². The number of rotatable bonds is 5. The molecule has 2 heterocycles. The number of methoxy groups -OCH3 is 1. The Bertz CT molecular complexity index is 1260. The fourth-order valence-corrected chi connectivity index (χ4v) is 5.18. The maximum Gasteiger partial charge on any atom is 0.410 e. The summed E-state index contributed by atoms with van der Waals surface area (Å²) in [5.41, 5.74) is 3.70. The number of hydrogen-bond acceptors (Lipinski definition) is 7. The summed E-state index contributed by atoms with van der Waals surface area (Å²) >= 11 is 1.39. The minimum atomic E-state index is -0.637. The Morgan fingerprint density at radius 2 is 1.71 bits per heavy atom. The second kappa shape index (κ2) is 11.2. The number of carbonyl (C=O) groups is 2. The van der Waals surface area contributed by atoms with Crippen molar-refractivity contribution >= 4 is 40.2 Å². The number of amides is 2. The first kappa shape index (κ1) is 27.7. The molecule has 9 heteroatoms. The van der Waals surface area contributed by atoms with Gasteiger partial charge < -0.3 is 19.7 Å². The van der Waals surface area contributed by atoms with Crippen LogP contribution in [-0.2, 0) is 9.53 Å². The predicted octanol–water partition coefficient (Wildman–Crippen LogP) is 5.61. The summed E-state index contributed by atoms with van der Waals surface area (Å²) in [5, 5.41) is 3.68. The molecule has 2 amide bonds. The van der Waals surface area contributed by atoms with Gasteiger partial charge in [-0.2, -0.15) is 0 Å². The molecule has 0 radical (unpaired) electrons. The molecule has 0 saturated carbocycles. The largest absolute Gasteiger partial charge is 0.497 e. The first-order chi connectivity index (χ1) is 18.0. The third-order valence-corrected chi connectivity index (χ3v) is 7.51. The van der Waals surface area contributed by atoms with Crippen LogP contribution in [0.2, 0.25) is 0 Å². The lowest BCUT2D eigenvalue weighted by atomic mass is 9.98. The zero-order chi connectivity index (χ0) is 27.5. The van der Waals surface area contributed by atoms with Crippen LogP contribution in [0.3, 0.4) is 0 Å². The number of carbonyl (C=O) groups excluding carboxylic acids is 2. The third kappa shape index (κ3) is 6.75. The lowest BCUT2D eigenvalue weighted by Gasteiger charge is -2.36. The van der Waals surface area contributed by atoms with Gasteiger partial charge in [0.1, 0.15) is 16.4 Å². The molecule has 1 fully saturated rings. The summed E-state index contributed by atoms with van der Waals surface area (Å²) in [6, 6.07) is 13.5. The topological polar surface area (TPSA) is 92.6 Å². The molecule has 1 saturated heterocycles. The van der Waals surface area contributed by atoms with Crippen molar-refractivity contribution in [2.24, 2.45) is 9.98 Å². The number of hydrogen-bond donors (Lipinski definition) is 1. The van der Waals surface area contributed by atoms with Gasteiger partial charge in [-0.25, -0.2) is 9.79 Å². The van der Waals surface area contributed by atoms with Gasteiger partial charge in [0.2, 0.25) is 5.91 Å². The number of thioether (sulfide) groups is 1. The first-order valence-electron chi connectivity index (χ1n) is 12.8. The maximum absolute atomic E-state index is 12.7. The Kier molecular flexibility index (Phi) is 8.16. The van der Waals surface area contributed by atoms with Crippen LogP contribution in [0.25, 0.3) is 0 Å². The summed E-state index contributed by atoms with van der Waals surface area (Å²) in [5.74, 6) is 0.812. The van der Waals surface area contributed by atoms with Crippen molar-refractivity contribution in [2.45, 2.75) is 58.7 Å². The highest BCUT2D eigenvalue weighted by Gasteiger charge is 2.41. The molecular formula is C29H36N4O4S. The standard InChI is InChI=1S/C29H36N4O4S/c1-19-7-8-21(17-20(19)2)25-26(38-18-24(34)30-22-9-11-23(36-6)12-10-22)32-29(31-25)13-15-33(16-14-29)27(35)37-28(3,4)5/h7-12,17H,13-16,18H2,1-6H3,(H,30,34). The van der Waals surface area contributed by atoms with Crippen LogP contribution >= 0.6 is 11.8 Å². The molecule has 0 atom stereocenters. The highest BCUT2D eigenvalue weighted by Crippen LogP contribution is 2.36. The Labute approximate surface area is 228 Å². The monoisotopic (exact) mass is 536 g/mol. The van der Waals surface area contributed by atoms with Gasteiger partial charge in [0, 0.05) is 37.2 Å². The van der Waals surface area contributed by atoms with Gasteiger partial charge in [-0.15, -0.1) is 0 Å². The molecule has 0 aliphatic carbocycles. The number of likely N-dealkylation sites (tertiary alicyclic amines) is 1. The zero-order valence-corrected chi connectivity index (χ0v) is 23.8. The molecule has 2 aliphatic heterocycles. The summed E-state index contributed by atoms with van der Waals surface area (Å²) in [4.78, 5) is 37.2. The molecule has 8 nitrogen and oxygen atoms in total. The number of aliphatic imine (C=N–C) groups is 2. The quantitative estimate of drug-likeness (QED) is 0.536. The maximum atomic E-state index is 12.7. The van der Waals surface area contributed by atoms with E-state index in [1.54, 1.807) is 12.0 Å². The van der Waals surface area contributed by atoms with E-state index >= 15 is 0 Å². The Morgan fingerprint density at radius 1 is 1.03 bits per heavy atom. The number of anilines is 1. The van der Waals surface area contributed by atoms with Gasteiger partial charge in [0.25, 0.3) is 0 Å². The van der Waals surface area contributed by atoms with Crippen molar-refractivity contribution in [3.8, 4) is 5.75 Å². The van der Waals surface area contributed by atoms with E-state index in [1.165, 1.54) is 22.9 Å². The van der Waals surface area contributed by atoms with Crippen LogP contribution in [0.5, 0.6) is 5.75 Å². The van der Waals surface area contributed by atoms with E-state index in [1.807, 2.05) is 45.0 Å². The lowest BCUT2D eigenvalue weighted by molar-refractivity contribution is -0.113. The van der Waals surface area contributed by atoms with E-state index in [0.29, 0.717) is 31.6 Å². The number of ether oxygens (including phenoxy) is 2. The van der Waals surface area contributed by atoms with Crippen LogP contribution in [0.1, 0.15) is 50.3 Å². The van der Waals surface area contributed by atoms with Crippen LogP contribution in [-0.4, -0.2) is 64.9 Å². The molecule has 0 aromatic heterocycles. The van der Waals surface area contributed by atoms with Crippen LogP contribution in [0, 0.1) is 13.8 Å². The van der Waals surface area contributed by atoms with Gasteiger partial charge in [0.15, 0.2) is 5.66 Å². The van der Waals surface area contributed by atoms with Crippen molar-refractivity contribution in [3.05, 3.63) is 59.2 Å². The summed E-state index contributed by atoms with van der Waals surface area (Å²) in [7, 11) is 1.61. The van der Waals surface area contributed by atoms with E-state index in [-0.39, 0.29) is 17.8 Å². The molecule has 38 heavy (non-hydrogen) atoms. The second-order valence-electron chi connectivity index (χ2n) is 10.7. The number of piperidine rings is 1. The smallest absolute Gasteiger partial charge is 0.410 e. The first-order valence-corrected chi connectivity index (χ1v) is 13.8. The van der Waals surface area contributed by atoms with E-state index in [0.717, 1.165) is 22.1 Å². The van der Waals surface area contributed by atoms with E-state index < -0.39 is 11.3 Å². The number of benzene rings is 2. The summed E-state index contributed by atoms with van der Waals surface area (Å²) in [6.07, 6.45) is 0.892. The van der Waals surface area contributed by atoms with Crippen molar-refractivity contribution in [2.75, 3.05) is 31.3 Å². The molecule has 2 aromatic rings. The fraction of sp³-hybridized carbons (Fsp3) is 0.448. The third-order valence-electron chi connectivity index (χ3n) is 6.54. The van der Waals surface area contributed by atoms with Gasteiger partial charge in [-0.3, -0.25) is 9.79 Å². The highest BCUT2D eigenvalue weighted by atomic mass is 32.2. The minimum Gasteiger partial charge on any atom is -0.497 e. The predicted molar refractivity (Wildman–Crippen MR) is 154 cm³/mol. The normalized spacial score (nSPS) is 16.6. The second-order valence-corrected chi connectivity index (χ2v) is 11.7. The van der Waals surface area contributed by atoms with E-state index in [4.69, 9.17) is 19.5 Å². The van der Waals surface area contributed by atoms with E-state index in [9.17, 15) is 9.59 Å². The van der Waals surface area contributed by atoms with Gasteiger partial charge >= 0.3 is 6.09 Å². The Hall–Kier alpha value is -3.33. The molecule has 202 valence electrons. The SMILES string of the molecule is COc1ccc(NC(=O)CSC2=NC3(CCN(C(=O)OC(C)(C)C)CC3)N=C2c2ccc(C)c(C)c2)cc1. The molecule has 2 aromatic carbocycles. The van der Waals surface area contributed by atoms with Crippen molar-refractivity contribution in [3.63, 3.8) is 0 Å². The molecule has 2 aliphatic rings.